The minimum Gasteiger partial charge on any atom is -0.385 e. The quantitative estimate of drug-likeness (QED) is 0.800. The van der Waals surface area contributed by atoms with E-state index >= 15 is 0 Å². The van der Waals surface area contributed by atoms with Crippen molar-refractivity contribution in [2.45, 2.75) is 25.4 Å². The van der Waals surface area contributed by atoms with Crippen LogP contribution in [0, 0.1) is 12.3 Å². The molecule has 0 spiro atoms. The summed E-state index contributed by atoms with van der Waals surface area (Å²) in [5.74, 6) is 2.57. The van der Waals surface area contributed by atoms with E-state index in [2.05, 4.69) is 24.1 Å². The molecule has 0 amide bonds. The number of terminal acetylenes is 1. The Morgan fingerprint density at radius 2 is 2.19 bits per heavy atom. The molecule has 1 aromatic carbocycles. The summed E-state index contributed by atoms with van der Waals surface area (Å²) < 4.78 is 1.21. The van der Waals surface area contributed by atoms with Gasteiger partial charge in [-0.3, -0.25) is 0 Å². The highest BCUT2D eigenvalue weighted by Crippen LogP contribution is 2.35. The highest BCUT2D eigenvalue weighted by atomic mass is 32.1. The van der Waals surface area contributed by atoms with Crippen LogP contribution in [-0.4, -0.2) is 5.11 Å². The summed E-state index contributed by atoms with van der Waals surface area (Å²) in [6.45, 7) is 1.83. The number of rotatable bonds is 3. The second-order valence-electron chi connectivity index (χ2n) is 4.13. The Kier molecular flexibility index (Phi) is 3.00. The molecule has 2 aromatic rings. The van der Waals surface area contributed by atoms with E-state index in [1.807, 2.05) is 19.1 Å². The molecular weight excluding hydrogens is 216 g/mol. The molecule has 0 bridgehead atoms. The lowest BCUT2D eigenvalue weighted by atomic mass is 9.98. The summed E-state index contributed by atoms with van der Waals surface area (Å²) in [6, 6.07) is 10.2. The van der Waals surface area contributed by atoms with Crippen LogP contribution >= 0.6 is 11.3 Å². The summed E-state index contributed by atoms with van der Waals surface area (Å²) >= 11 is 1.64. The van der Waals surface area contributed by atoms with Gasteiger partial charge in [0.25, 0.3) is 0 Å². The topological polar surface area (TPSA) is 20.2 Å². The Balaban J connectivity index is 2.36. The number of fused-ring (bicyclic) bond motifs is 1. The summed E-state index contributed by atoms with van der Waals surface area (Å²) in [7, 11) is 0. The molecule has 82 valence electrons. The van der Waals surface area contributed by atoms with E-state index in [1.165, 1.54) is 10.1 Å². The van der Waals surface area contributed by atoms with Gasteiger partial charge in [-0.25, -0.2) is 0 Å². The fourth-order valence-electron chi connectivity index (χ4n) is 1.69. The lowest BCUT2D eigenvalue weighted by Gasteiger charge is -2.20. The van der Waals surface area contributed by atoms with Gasteiger partial charge < -0.3 is 5.11 Å². The first-order chi connectivity index (χ1) is 7.63. The molecule has 1 heterocycles. The number of hydrogen-bond donors (Lipinski definition) is 1. The van der Waals surface area contributed by atoms with Gasteiger partial charge in [0, 0.05) is 16.0 Å². The lowest BCUT2D eigenvalue weighted by Crippen LogP contribution is -2.18. The van der Waals surface area contributed by atoms with Crippen molar-refractivity contribution in [1.82, 2.24) is 0 Å². The van der Waals surface area contributed by atoms with Gasteiger partial charge in [-0.1, -0.05) is 18.2 Å². The van der Waals surface area contributed by atoms with Crippen LogP contribution in [0.5, 0.6) is 0 Å². The van der Waals surface area contributed by atoms with Crippen molar-refractivity contribution in [1.29, 1.82) is 0 Å². The second-order valence-corrected chi connectivity index (χ2v) is 5.21. The molecule has 1 N–H and O–H groups in total. The van der Waals surface area contributed by atoms with Gasteiger partial charge in [0.1, 0.15) is 0 Å². The van der Waals surface area contributed by atoms with Gasteiger partial charge in [-0.2, -0.15) is 0 Å². The van der Waals surface area contributed by atoms with Gasteiger partial charge >= 0.3 is 0 Å². The maximum absolute atomic E-state index is 10.3. The van der Waals surface area contributed by atoms with Crippen LogP contribution in [-0.2, 0) is 5.60 Å². The first-order valence-electron chi connectivity index (χ1n) is 5.28. The SMILES string of the molecule is C#CCCC(C)(O)c1cc2ccccc2s1. The van der Waals surface area contributed by atoms with Gasteiger partial charge in [0.05, 0.1) is 5.60 Å². The Morgan fingerprint density at radius 3 is 2.88 bits per heavy atom. The minimum absolute atomic E-state index is 0.598. The van der Waals surface area contributed by atoms with Crippen molar-refractivity contribution in [3.63, 3.8) is 0 Å². The average Bonchev–Trinajstić information content (AvgIpc) is 2.71. The lowest BCUT2D eigenvalue weighted by molar-refractivity contribution is 0.0533. The van der Waals surface area contributed by atoms with Gasteiger partial charge in [0.2, 0.25) is 0 Å². The molecule has 1 aromatic heterocycles. The van der Waals surface area contributed by atoms with Gasteiger partial charge in [-0.15, -0.1) is 23.7 Å². The molecule has 2 heteroatoms. The Bertz CT molecular complexity index is 498. The summed E-state index contributed by atoms with van der Waals surface area (Å²) in [6.07, 6.45) is 6.44. The smallest absolute Gasteiger partial charge is 0.0969 e. The first kappa shape index (κ1) is 11.2. The number of thiophene rings is 1. The zero-order valence-electron chi connectivity index (χ0n) is 9.23. The molecule has 0 saturated heterocycles. The molecule has 1 atom stereocenters. The molecule has 0 aliphatic carbocycles. The fourth-order valence-corrected chi connectivity index (χ4v) is 2.82. The van der Waals surface area contributed by atoms with E-state index in [0.29, 0.717) is 12.8 Å². The molecular formula is C14H14OS. The molecule has 1 unspecified atom stereocenters. The van der Waals surface area contributed by atoms with Crippen LogP contribution in [0.25, 0.3) is 10.1 Å². The third-order valence-corrected chi connectivity index (χ3v) is 4.08. The van der Waals surface area contributed by atoms with Crippen molar-refractivity contribution in [3.8, 4) is 12.3 Å². The summed E-state index contributed by atoms with van der Waals surface area (Å²) in [5, 5.41) is 11.5. The van der Waals surface area contributed by atoms with E-state index in [9.17, 15) is 5.11 Å². The maximum Gasteiger partial charge on any atom is 0.0969 e. The Morgan fingerprint density at radius 1 is 1.44 bits per heavy atom. The molecule has 0 aliphatic heterocycles. The first-order valence-corrected chi connectivity index (χ1v) is 6.10. The average molecular weight is 230 g/mol. The van der Waals surface area contributed by atoms with Crippen LogP contribution in [0.4, 0.5) is 0 Å². The van der Waals surface area contributed by atoms with Crippen LogP contribution in [0.1, 0.15) is 24.6 Å². The van der Waals surface area contributed by atoms with Crippen molar-refractivity contribution >= 4 is 21.4 Å². The monoisotopic (exact) mass is 230 g/mol. The third-order valence-electron chi connectivity index (χ3n) is 2.71. The van der Waals surface area contributed by atoms with E-state index in [4.69, 9.17) is 6.42 Å². The van der Waals surface area contributed by atoms with Crippen LogP contribution in [0.15, 0.2) is 30.3 Å². The molecule has 0 saturated carbocycles. The highest BCUT2D eigenvalue weighted by molar-refractivity contribution is 7.19. The summed E-state index contributed by atoms with van der Waals surface area (Å²) in [5.41, 5.74) is -0.809. The minimum atomic E-state index is -0.809. The molecule has 0 aliphatic rings. The molecule has 2 rings (SSSR count). The standard InChI is InChI=1S/C14H14OS/c1-3-4-9-14(2,15)13-10-11-7-5-6-8-12(11)16-13/h1,5-8,10,15H,4,9H2,2H3. The second kappa shape index (κ2) is 4.29. The van der Waals surface area contributed by atoms with Crippen molar-refractivity contribution < 1.29 is 5.11 Å². The van der Waals surface area contributed by atoms with E-state index in [0.717, 1.165) is 4.88 Å². The highest BCUT2D eigenvalue weighted by Gasteiger charge is 2.24. The Hall–Kier alpha value is -1.30. The largest absolute Gasteiger partial charge is 0.385 e. The van der Waals surface area contributed by atoms with Crippen molar-refractivity contribution in [2.75, 3.05) is 0 Å². The number of hydrogen-bond acceptors (Lipinski definition) is 2. The number of aliphatic hydroxyl groups is 1. The van der Waals surface area contributed by atoms with Crippen LogP contribution in [0.2, 0.25) is 0 Å². The van der Waals surface area contributed by atoms with Crippen LogP contribution in [0.3, 0.4) is 0 Å². The Labute approximate surface area is 99.7 Å². The maximum atomic E-state index is 10.3. The third kappa shape index (κ3) is 2.11. The normalized spacial score (nSPS) is 14.6. The van der Waals surface area contributed by atoms with Crippen molar-refractivity contribution in [2.24, 2.45) is 0 Å². The zero-order chi connectivity index (χ0) is 11.6. The molecule has 0 fully saturated rings. The predicted octanol–water partition coefficient (Wildman–Crippen LogP) is 3.52. The predicted molar refractivity (Wildman–Crippen MR) is 69.5 cm³/mol. The van der Waals surface area contributed by atoms with E-state index in [1.54, 1.807) is 11.3 Å². The van der Waals surface area contributed by atoms with E-state index in [-0.39, 0.29) is 0 Å². The van der Waals surface area contributed by atoms with E-state index < -0.39 is 5.60 Å². The molecule has 0 radical (unpaired) electrons. The number of benzene rings is 1. The van der Waals surface area contributed by atoms with Gasteiger partial charge in [0.15, 0.2) is 0 Å². The fraction of sp³-hybridized carbons (Fsp3) is 0.286. The zero-order valence-corrected chi connectivity index (χ0v) is 10.1. The molecule has 16 heavy (non-hydrogen) atoms. The molecule has 1 nitrogen and oxygen atoms in total. The summed E-state index contributed by atoms with van der Waals surface area (Å²) in [4.78, 5) is 0.990. The van der Waals surface area contributed by atoms with Crippen LogP contribution < -0.4 is 0 Å². The van der Waals surface area contributed by atoms with Crippen molar-refractivity contribution in [3.05, 3.63) is 35.2 Å². The van der Waals surface area contributed by atoms with Gasteiger partial charge in [-0.05, 0) is 30.9 Å².